The van der Waals surface area contributed by atoms with Gasteiger partial charge in [0, 0.05) is 32.7 Å². The Morgan fingerprint density at radius 1 is 1.50 bits per heavy atom. The van der Waals surface area contributed by atoms with Crippen LogP contribution in [0.2, 0.25) is 0 Å². The molecule has 1 fully saturated rings. The number of nitrogens with one attached hydrogen (secondary N) is 1. The fourth-order valence-corrected chi connectivity index (χ4v) is 1.24. The van der Waals surface area contributed by atoms with E-state index in [0.29, 0.717) is 0 Å². The van der Waals surface area contributed by atoms with Gasteiger partial charge in [-0.3, -0.25) is 0 Å². The first-order chi connectivity index (χ1) is 4.27. The van der Waals surface area contributed by atoms with Gasteiger partial charge in [0.1, 0.15) is 0 Å². The summed E-state index contributed by atoms with van der Waals surface area (Å²) in [6, 6.07) is 0. The van der Waals surface area contributed by atoms with Crippen LogP contribution in [0, 0.1) is 19.3 Å². The number of piperidine rings is 1. The summed E-state index contributed by atoms with van der Waals surface area (Å²) in [5.74, 6) is 0. The molecule has 0 aromatic heterocycles. The van der Waals surface area contributed by atoms with Gasteiger partial charge in [-0.25, -0.2) is 6.42 Å². The van der Waals surface area contributed by atoms with E-state index < -0.39 is 0 Å². The molecule has 1 rings (SSSR count). The van der Waals surface area contributed by atoms with Gasteiger partial charge in [0.05, 0.1) is 0 Å². The zero-order valence-corrected chi connectivity index (χ0v) is 9.37. The molecule has 1 heterocycles. The quantitative estimate of drug-likeness (QED) is 0.651. The Morgan fingerprint density at radius 2 is 2.20 bits per heavy atom. The molecule has 57 valence electrons. The molecule has 0 amide bonds. The molecule has 2 heteroatoms. The van der Waals surface area contributed by atoms with Crippen LogP contribution in [0.1, 0.15) is 19.3 Å². The van der Waals surface area contributed by atoms with E-state index in [9.17, 15) is 0 Å². The Labute approximate surface area is 89.2 Å². The van der Waals surface area contributed by atoms with E-state index in [0.717, 1.165) is 19.5 Å². The van der Waals surface area contributed by atoms with Gasteiger partial charge in [-0.15, -0.1) is 0 Å². The molecule has 1 saturated heterocycles. The molecule has 0 aromatic carbocycles. The first-order valence-electron chi connectivity index (χ1n) is 3.62. The van der Waals surface area contributed by atoms with Crippen LogP contribution in [0.25, 0.3) is 0 Å². The van der Waals surface area contributed by atoms with E-state index in [4.69, 9.17) is 0 Å². The molecule has 1 aliphatic heterocycles. The summed E-state index contributed by atoms with van der Waals surface area (Å²) >= 11 is 0. The van der Waals surface area contributed by atoms with Crippen LogP contribution in [0.15, 0.2) is 0 Å². The second-order valence-corrected chi connectivity index (χ2v) is 3.03. The maximum Gasteiger partial charge on any atom is 0 e. The van der Waals surface area contributed by atoms with Crippen molar-refractivity contribution in [3.8, 4) is 0 Å². The maximum atomic E-state index is 4.12. The van der Waals surface area contributed by atoms with Gasteiger partial charge in [-0.1, -0.05) is 6.42 Å². The summed E-state index contributed by atoms with van der Waals surface area (Å²) in [5.41, 5.74) is 0.248. The second-order valence-electron chi connectivity index (χ2n) is 3.03. The SMILES string of the molecule is [CH2-]CC1([CH2-])CCCNC1.[Y]. The standard InChI is InChI=1S/C8H15N.Y/c1-3-8(2)5-4-6-9-7-8;/h9H,1-7H2;/q-2;. The molecule has 1 radical (unpaired) electrons. The maximum absolute atomic E-state index is 4.12. The molecular weight excluding hydrogens is 199 g/mol. The average Bonchev–Trinajstić information content (AvgIpc) is 1.90. The Balaban J connectivity index is 0.000000810. The molecular formula is C8H15NY-2. The van der Waals surface area contributed by atoms with E-state index in [1.54, 1.807) is 0 Å². The summed E-state index contributed by atoms with van der Waals surface area (Å²) in [5, 5.41) is 3.32. The number of hydrogen-bond acceptors (Lipinski definition) is 1. The molecule has 0 bridgehead atoms. The van der Waals surface area contributed by atoms with Crippen LogP contribution in [-0.4, -0.2) is 13.1 Å². The monoisotopic (exact) mass is 214 g/mol. The van der Waals surface area contributed by atoms with Gasteiger partial charge in [-0.05, 0) is 19.5 Å². The van der Waals surface area contributed by atoms with E-state index in [1.165, 1.54) is 12.8 Å². The van der Waals surface area contributed by atoms with Crippen LogP contribution in [0.5, 0.6) is 0 Å². The molecule has 1 unspecified atom stereocenters. The molecule has 1 nitrogen and oxygen atoms in total. The van der Waals surface area contributed by atoms with Crippen LogP contribution in [0.3, 0.4) is 0 Å². The molecule has 0 spiro atoms. The minimum Gasteiger partial charge on any atom is -0.345 e. The predicted molar refractivity (Wildman–Crippen MR) is 39.9 cm³/mol. The molecule has 1 aliphatic rings. The zero-order chi connectivity index (χ0) is 6.74. The van der Waals surface area contributed by atoms with Crippen LogP contribution in [0.4, 0.5) is 0 Å². The first kappa shape index (κ1) is 11.1. The zero-order valence-electron chi connectivity index (χ0n) is 6.53. The third kappa shape index (κ3) is 2.98. The topological polar surface area (TPSA) is 12.0 Å². The van der Waals surface area contributed by atoms with E-state index in [-0.39, 0.29) is 38.1 Å². The van der Waals surface area contributed by atoms with Gasteiger partial charge >= 0.3 is 0 Å². The molecule has 0 aromatic rings. The van der Waals surface area contributed by atoms with Crippen molar-refractivity contribution >= 4 is 0 Å². The van der Waals surface area contributed by atoms with Crippen molar-refractivity contribution in [3.05, 3.63) is 13.8 Å². The molecule has 1 atom stereocenters. The summed E-state index contributed by atoms with van der Waals surface area (Å²) in [6.07, 6.45) is 3.46. The Hall–Kier alpha value is 1.06. The predicted octanol–water partition coefficient (Wildman–Crippen LogP) is 1.41. The third-order valence-corrected chi connectivity index (χ3v) is 2.09. The molecule has 1 N–H and O–H groups in total. The Kier molecular flexibility index (Phi) is 5.36. The van der Waals surface area contributed by atoms with Crippen LogP contribution >= 0.6 is 0 Å². The van der Waals surface area contributed by atoms with Gasteiger partial charge in [-0.2, -0.15) is 5.41 Å². The summed E-state index contributed by atoms with van der Waals surface area (Å²) in [7, 11) is 0. The minimum absolute atomic E-state index is 0. The largest absolute Gasteiger partial charge is 0.345 e. The van der Waals surface area contributed by atoms with Crippen molar-refractivity contribution in [1.29, 1.82) is 0 Å². The summed E-state index contributed by atoms with van der Waals surface area (Å²) in [4.78, 5) is 0. The van der Waals surface area contributed by atoms with E-state index in [2.05, 4.69) is 19.2 Å². The number of rotatable bonds is 1. The minimum atomic E-state index is 0. The summed E-state index contributed by atoms with van der Waals surface area (Å²) in [6.45, 7) is 10.2. The molecule has 0 saturated carbocycles. The normalized spacial score (nSPS) is 33.0. The molecule has 10 heavy (non-hydrogen) atoms. The van der Waals surface area contributed by atoms with Crippen molar-refractivity contribution in [1.82, 2.24) is 5.32 Å². The van der Waals surface area contributed by atoms with Crippen LogP contribution in [-0.2, 0) is 32.7 Å². The number of hydrogen-bond donors (Lipinski definition) is 1. The smallest absolute Gasteiger partial charge is 0 e. The van der Waals surface area contributed by atoms with Gasteiger partial charge in [0.25, 0.3) is 0 Å². The van der Waals surface area contributed by atoms with Crippen molar-refractivity contribution in [2.45, 2.75) is 19.3 Å². The van der Waals surface area contributed by atoms with E-state index >= 15 is 0 Å². The summed E-state index contributed by atoms with van der Waals surface area (Å²) < 4.78 is 0. The van der Waals surface area contributed by atoms with Crippen molar-refractivity contribution < 1.29 is 32.7 Å². The Morgan fingerprint density at radius 3 is 2.50 bits per heavy atom. The average molecular weight is 214 g/mol. The van der Waals surface area contributed by atoms with Crippen molar-refractivity contribution in [2.75, 3.05) is 13.1 Å². The van der Waals surface area contributed by atoms with Gasteiger partial charge in [0.2, 0.25) is 0 Å². The van der Waals surface area contributed by atoms with Crippen LogP contribution < -0.4 is 5.32 Å². The third-order valence-electron chi connectivity index (χ3n) is 2.09. The fourth-order valence-electron chi connectivity index (χ4n) is 1.24. The van der Waals surface area contributed by atoms with Crippen molar-refractivity contribution in [3.63, 3.8) is 0 Å². The van der Waals surface area contributed by atoms with Gasteiger partial charge < -0.3 is 19.2 Å². The second kappa shape index (κ2) is 4.84. The Bertz CT molecular complexity index is 87.3. The van der Waals surface area contributed by atoms with Gasteiger partial charge in [0.15, 0.2) is 0 Å². The fraction of sp³-hybridized carbons (Fsp3) is 0.750. The van der Waals surface area contributed by atoms with E-state index in [1.807, 2.05) is 0 Å². The molecule has 0 aliphatic carbocycles. The first-order valence-corrected chi connectivity index (χ1v) is 3.62. The van der Waals surface area contributed by atoms with Crippen molar-refractivity contribution in [2.24, 2.45) is 5.41 Å².